The second-order valence-electron chi connectivity index (χ2n) is 8.74. The fourth-order valence-electron chi connectivity index (χ4n) is 4.62. The topological polar surface area (TPSA) is 118 Å². The van der Waals surface area contributed by atoms with Crippen molar-refractivity contribution in [2.75, 3.05) is 62.9 Å². The van der Waals surface area contributed by atoms with Crippen LogP contribution in [0.4, 0.5) is 17.3 Å². The first-order valence-electron chi connectivity index (χ1n) is 12.1. The summed E-state index contributed by atoms with van der Waals surface area (Å²) in [5, 5.41) is 24.2. The highest BCUT2D eigenvalue weighted by Crippen LogP contribution is 2.35. The number of nitrogens with zero attached hydrogens (tertiary/aromatic N) is 6. The largest absolute Gasteiger partial charge is 0.378 e. The number of anilines is 2. The Hall–Kier alpha value is -3.83. The van der Waals surface area contributed by atoms with Gasteiger partial charge < -0.3 is 19.3 Å². The first-order chi connectivity index (χ1) is 17.7. The molecule has 188 valence electrons. The molecule has 1 aromatic heterocycles. The third-order valence-electron chi connectivity index (χ3n) is 6.41. The summed E-state index contributed by atoms with van der Waals surface area (Å²) in [6.45, 7) is 5.94. The number of non-ortho nitro benzene ring substituents is 1. The van der Waals surface area contributed by atoms with Gasteiger partial charge in [0.25, 0.3) is 5.69 Å². The summed E-state index contributed by atoms with van der Waals surface area (Å²) in [5.41, 5.74) is 7.28. The number of ether oxygens (including phenoxy) is 2. The monoisotopic (exact) mass is 491 g/mol. The summed E-state index contributed by atoms with van der Waals surface area (Å²) in [4.78, 5) is 15.3. The Kier molecular flexibility index (Phi) is 7.48. The van der Waals surface area contributed by atoms with Crippen LogP contribution in [0.3, 0.4) is 0 Å². The van der Waals surface area contributed by atoms with Crippen LogP contribution < -0.4 is 10.3 Å². The summed E-state index contributed by atoms with van der Waals surface area (Å²) in [7, 11) is 0. The third kappa shape index (κ3) is 5.69. The molecule has 11 nitrogen and oxygen atoms in total. The van der Waals surface area contributed by atoms with E-state index < -0.39 is 0 Å². The lowest BCUT2D eigenvalue weighted by Crippen LogP contribution is -2.36. The third-order valence-corrected chi connectivity index (χ3v) is 6.41. The van der Waals surface area contributed by atoms with Gasteiger partial charge in [-0.1, -0.05) is 12.1 Å². The summed E-state index contributed by atoms with van der Waals surface area (Å²) in [6, 6.07) is 10.5. The predicted octanol–water partition coefficient (Wildman–Crippen LogP) is 3.08. The molecule has 3 heterocycles. The predicted molar refractivity (Wildman–Crippen MR) is 137 cm³/mol. The van der Waals surface area contributed by atoms with E-state index in [9.17, 15) is 10.1 Å². The van der Waals surface area contributed by atoms with Crippen molar-refractivity contribution < 1.29 is 14.4 Å². The number of hydrogen-bond donors (Lipinski definition) is 1. The van der Waals surface area contributed by atoms with Crippen molar-refractivity contribution in [3.63, 3.8) is 0 Å². The molecule has 0 spiro atoms. The van der Waals surface area contributed by atoms with Crippen molar-refractivity contribution in [3.05, 3.63) is 68.9 Å². The van der Waals surface area contributed by atoms with Crippen molar-refractivity contribution in [1.29, 1.82) is 0 Å². The molecule has 1 N–H and O–H groups in total. The van der Waals surface area contributed by atoms with Gasteiger partial charge >= 0.3 is 0 Å². The number of nitro benzene ring substituents is 1. The fraction of sp³-hybridized carbons (Fsp3) is 0.400. The highest BCUT2D eigenvalue weighted by Gasteiger charge is 2.25. The molecule has 0 saturated carbocycles. The Bertz CT molecular complexity index is 1170. The number of hydrogen-bond acceptors (Lipinski definition) is 10. The van der Waals surface area contributed by atoms with Crippen LogP contribution in [0.25, 0.3) is 6.08 Å². The van der Waals surface area contributed by atoms with E-state index in [-0.39, 0.29) is 10.6 Å². The summed E-state index contributed by atoms with van der Waals surface area (Å²) in [5.74, 6) is 1.40. The molecule has 1 aliphatic carbocycles. The number of morpholine rings is 2. The maximum atomic E-state index is 11.2. The molecule has 0 atom stereocenters. The van der Waals surface area contributed by atoms with E-state index in [0.29, 0.717) is 32.2 Å². The molecule has 3 aliphatic rings. The van der Waals surface area contributed by atoms with E-state index >= 15 is 0 Å². The van der Waals surface area contributed by atoms with Gasteiger partial charge in [0.05, 0.1) is 37.6 Å². The normalized spacial score (nSPS) is 19.9. The maximum absolute atomic E-state index is 11.2. The second-order valence-corrected chi connectivity index (χ2v) is 8.74. The van der Waals surface area contributed by atoms with Gasteiger partial charge in [0, 0.05) is 44.0 Å². The molecule has 2 saturated heterocycles. The van der Waals surface area contributed by atoms with E-state index in [1.54, 1.807) is 12.1 Å². The Morgan fingerprint density at radius 3 is 2.42 bits per heavy atom. The van der Waals surface area contributed by atoms with Crippen LogP contribution in [0, 0.1) is 10.1 Å². The number of aromatic nitrogens is 2. The van der Waals surface area contributed by atoms with Crippen molar-refractivity contribution in [3.8, 4) is 0 Å². The summed E-state index contributed by atoms with van der Waals surface area (Å²) >= 11 is 0. The van der Waals surface area contributed by atoms with Gasteiger partial charge in [0.1, 0.15) is 0 Å². The zero-order valence-corrected chi connectivity index (χ0v) is 20.0. The number of nitrogens with one attached hydrogen (secondary N) is 1. The van der Waals surface area contributed by atoms with Crippen molar-refractivity contribution in [2.24, 2.45) is 5.10 Å². The smallest absolute Gasteiger partial charge is 0.270 e. The Morgan fingerprint density at radius 2 is 1.72 bits per heavy atom. The van der Waals surface area contributed by atoms with Gasteiger partial charge in [-0.05, 0) is 47.8 Å². The quantitative estimate of drug-likeness (QED) is 0.354. The van der Waals surface area contributed by atoms with Crippen LogP contribution in [0.1, 0.15) is 18.4 Å². The first-order valence-corrected chi connectivity index (χ1v) is 12.1. The zero-order chi connectivity index (χ0) is 24.7. The van der Waals surface area contributed by atoms with Crippen LogP contribution in [-0.2, 0) is 9.47 Å². The van der Waals surface area contributed by atoms with Gasteiger partial charge in [0.2, 0.25) is 0 Å². The Morgan fingerprint density at radius 1 is 0.972 bits per heavy atom. The molecule has 1 aromatic carbocycles. The molecule has 0 radical (unpaired) electrons. The maximum Gasteiger partial charge on any atom is 0.270 e. The number of benzene rings is 1. The molecule has 2 fully saturated rings. The van der Waals surface area contributed by atoms with Gasteiger partial charge in [0.15, 0.2) is 11.6 Å². The molecular weight excluding hydrogens is 462 g/mol. The minimum atomic E-state index is -0.366. The van der Waals surface area contributed by atoms with Crippen molar-refractivity contribution in [2.45, 2.75) is 12.8 Å². The highest BCUT2D eigenvalue weighted by molar-refractivity contribution is 5.84. The van der Waals surface area contributed by atoms with Gasteiger partial charge in [-0.25, -0.2) is 0 Å². The minimum absolute atomic E-state index is 0.0889. The first kappa shape index (κ1) is 23.9. The van der Waals surface area contributed by atoms with Crippen LogP contribution in [0.5, 0.6) is 0 Å². The lowest BCUT2D eigenvalue weighted by Gasteiger charge is -2.31. The number of rotatable bonds is 7. The van der Waals surface area contributed by atoms with E-state index in [0.717, 1.165) is 67.2 Å². The van der Waals surface area contributed by atoms with E-state index in [1.165, 1.54) is 6.07 Å². The molecule has 36 heavy (non-hydrogen) atoms. The van der Waals surface area contributed by atoms with Crippen molar-refractivity contribution >= 4 is 29.6 Å². The highest BCUT2D eigenvalue weighted by atomic mass is 16.6. The van der Waals surface area contributed by atoms with E-state index in [1.807, 2.05) is 30.5 Å². The molecular formula is C25H29N7O4. The fourth-order valence-corrected chi connectivity index (χ4v) is 4.62. The second kappa shape index (κ2) is 11.3. The Labute approximate surface area is 209 Å². The minimum Gasteiger partial charge on any atom is -0.378 e. The van der Waals surface area contributed by atoms with Crippen LogP contribution in [0.2, 0.25) is 0 Å². The lowest BCUT2D eigenvalue weighted by molar-refractivity contribution is -0.384. The van der Waals surface area contributed by atoms with Crippen LogP contribution >= 0.6 is 0 Å². The molecule has 5 rings (SSSR count). The molecule has 2 aliphatic heterocycles. The number of hydrazone groups is 1. The standard InChI is InChI=1S/C25H29N7O4/c33-32(34)22-3-1-2-19(17-22)16-20-4-5-21(25(20)31-10-14-36-15-11-31)18-26-27-23-6-7-24(29-28-23)30-8-12-35-13-9-30/h1-3,6-7,16-18H,4-5,8-15H2,(H,27,28). The molecule has 2 aromatic rings. The summed E-state index contributed by atoms with van der Waals surface area (Å²) < 4.78 is 10.9. The number of allylic oxidation sites excluding steroid dienone is 2. The van der Waals surface area contributed by atoms with E-state index in [4.69, 9.17) is 9.47 Å². The molecule has 0 amide bonds. The SMILES string of the molecule is O=[N+]([O-])c1cccc(C=C2CCC(C=NNc3ccc(N4CCOCC4)nn3)=C2N2CCOCC2)c1. The molecule has 11 heteroatoms. The van der Waals surface area contributed by atoms with Gasteiger partial charge in [-0.15, -0.1) is 10.2 Å². The zero-order valence-electron chi connectivity index (χ0n) is 20.0. The lowest BCUT2D eigenvalue weighted by atomic mass is 10.1. The summed E-state index contributed by atoms with van der Waals surface area (Å²) in [6.07, 6.45) is 5.56. The average molecular weight is 492 g/mol. The van der Waals surface area contributed by atoms with E-state index in [2.05, 4.69) is 30.5 Å². The van der Waals surface area contributed by atoms with Crippen molar-refractivity contribution in [1.82, 2.24) is 15.1 Å². The number of nitro groups is 1. The van der Waals surface area contributed by atoms with Gasteiger partial charge in [-0.2, -0.15) is 5.10 Å². The molecule has 0 bridgehead atoms. The average Bonchev–Trinajstić information content (AvgIpc) is 3.32. The van der Waals surface area contributed by atoms with Crippen LogP contribution in [0.15, 0.2) is 58.3 Å². The molecule has 0 unspecified atom stereocenters. The van der Waals surface area contributed by atoms with Crippen LogP contribution in [-0.4, -0.2) is 78.8 Å². The van der Waals surface area contributed by atoms with Gasteiger partial charge in [-0.3, -0.25) is 15.5 Å². The Balaban J connectivity index is 1.34.